The molecule has 0 amide bonds. The Balaban J connectivity index is 4.63. The summed E-state index contributed by atoms with van der Waals surface area (Å²) in [5.41, 5.74) is 0. The molecule has 0 aliphatic carbocycles. The Morgan fingerprint density at radius 3 is 2.64 bits per heavy atom. The van der Waals surface area contributed by atoms with Gasteiger partial charge in [0.05, 0.1) is 6.10 Å². The molecule has 0 fully saturated rings. The molecule has 0 aromatic rings. The highest BCUT2D eigenvalue weighted by Crippen LogP contribution is 1.97. The van der Waals surface area contributed by atoms with Crippen LogP contribution in [0.1, 0.15) is 20.1 Å². The SMILES string of the molecule is [2H]C([2H])([2H])C([2H])([2H])C(O)/C=C/C(OC)OC. The molecule has 0 saturated carbocycles. The molecule has 0 aromatic carbocycles. The number of aliphatic hydroxyl groups is 1. The molecule has 3 heteroatoms. The standard InChI is InChI=1S/C8H16O3/c1-4-7(9)5-6-8(10-2)11-3/h5-9H,4H2,1-3H3/b6-5+/i1D3,4D2. The lowest BCUT2D eigenvalue weighted by atomic mass is 10.2. The van der Waals surface area contributed by atoms with E-state index in [9.17, 15) is 5.11 Å². The third-order valence-electron chi connectivity index (χ3n) is 1.06. The second kappa shape index (κ2) is 6.34. The zero-order chi connectivity index (χ0) is 13.0. The highest BCUT2D eigenvalue weighted by molar-refractivity contribution is 4.90. The van der Waals surface area contributed by atoms with Gasteiger partial charge in [0, 0.05) is 21.1 Å². The van der Waals surface area contributed by atoms with Gasteiger partial charge < -0.3 is 14.6 Å². The van der Waals surface area contributed by atoms with Crippen molar-refractivity contribution < 1.29 is 21.4 Å². The molecule has 0 heterocycles. The largest absolute Gasteiger partial charge is 0.389 e. The van der Waals surface area contributed by atoms with E-state index in [1.54, 1.807) is 0 Å². The van der Waals surface area contributed by atoms with Gasteiger partial charge in [0.2, 0.25) is 0 Å². The maximum absolute atomic E-state index is 9.42. The van der Waals surface area contributed by atoms with Crippen LogP contribution in [0.2, 0.25) is 0 Å². The van der Waals surface area contributed by atoms with Crippen LogP contribution in [0.4, 0.5) is 0 Å². The maximum Gasteiger partial charge on any atom is 0.176 e. The molecule has 0 bridgehead atoms. The minimum Gasteiger partial charge on any atom is -0.389 e. The second-order valence-corrected chi connectivity index (χ2v) is 1.81. The zero-order valence-electron chi connectivity index (χ0n) is 11.6. The molecular formula is C8H16O3. The van der Waals surface area contributed by atoms with E-state index in [0.717, 1.165) is 6.08 Å². The van der Waals surface area contributed by atoms with Crippen LogP contribution in [-0.2, 0) is 9.47 Å². The van der Waals surface area contributed by atoms with Gasteiger partial charge in [-0.3, -0.25) is 0 Å². The average molecular weight is 165 g/mol. The first-order valence-corrected chi connectivity index (χ1v) is 3.08. The van der Waals surface area contributed by atoms with Crippen LogP contribution in [-0.4, -0.2) is 31.7 Å². The zero-order valence-corrected chi connectivity index (χ0v) is 6.57. The van der Waals surface area contributed by atoms with Crippen molar-refractivity contribution >= 4 is 0 Å². The molecule has 1 unspecified atom stereocenters. The molecule has 66 valence electrons. The molecule has 1 N–H and O–H groups in total. The van der Waals surface area contributed by atoms with E-state index in [-0.39, 0.29) is 0 Å². The van der Waals surface area contributed by atoms with Gasteiger partial charge in [-0.1, -0.05) is 12.9 Å². The Labute approximate surface area is 74.7 Å². The first-order chi connectivity index (χ1) is 7.16. The van der Waals surface area contributed by atoms with Crippen LogP contribution >= 0.6 is 0 Å². The predicted molar refractivity (Wildman–Crippen MR) is 43.2 cm³/mol. The van der Waals surface area contributed by atoms with Crippen molar-refractivity contribution in [1.82, 2.24) is 0 Å². The molecule has 1 atom stereocenters. The molecule has 0 aliphatic rings. The molecule has 0 aliphatic heterocycles. The number of rotatable bonds is 5. The fourth-order valence-corrected chi connectivity index (χ4v) is 0.497. The van der Waals surface area contributed by atoms with E-state index in [4.69, 9.17) is 16.3 Å². The lowest BCUT2D eigenvalue weighted by molar-refractivity contribution is -0.0671. The van der Waals surface area contributed by atoms with Gasteiger partial charge in [0.15, 0.2) is 6.29 Å². The third-order valence-corrected chi connectivity index (χ3v) is 1.06. The van der Waals surface area contributed by atoms with E-state index in [1.807, 2.05) is 0 Å². The minimum atomic E-state index is -2.90. The number of hydrogen-bond acceptors (Lipinski definition) is 3. The molecule has 0 radical (unpaired) electrons. The van der Waals surface area contributed by atoms with Crippen LogP contribution in [0, 0.1) is 0 Å². The van der Waals surface area contributed by atoms with E-state index >= 15 is 0 Å². The lowest BCUT2D eigenvalue weighted by Gasteiger charge is -2.08. The monoisotopic (exact) mass is 165 g/mol. The molecule has 0 aromatic heterocycles. The molecule has 0 spiro atoms. The third kappa shape index (κ3) is 4.95. The van der Waals surface area contributed by atoms with Crippen molar-refractivity contribution in [2.75, 3.05) is 14.2 Å². The van der Waals surface area contributed by atoms with E-state index < -0.39 is 25.6 Å². The smallest absolute Gasteiger partial charge is 0.176 e. The van der Waals surface area contributed by atoms with Crippen molar-refractivity contribution in [3.8, 4) is 0 Å². The topological polar surface area (TPSA) is 38.7 Å². The fraction of sp³-hybridized carbons (Fsp3) is 0.750. The van der Waals surface area contributed by atoms with Crippen molar-refractivity contribution in [1.29, 1.82) is 0 Å². The van der Waals surface area contributed by atoms with Crippen molar-refractivity contribution in [3.05, 3.63) is 12.2 Å². The summed E-state index contributed by atoms with van der Waals surface area (Å²) in [6.07, 6.45) is -2.97. The van der Waals surface area contributed by atoms with Crippen LogP contribution in [0.3, 0.4) is 0 Å². The summed E-state index contributed by atoms with van der Waals surface area (Å²) in [5, 5.41) is 9.42. The highest BCUT2D eigenvalue weighted by atomic mass is 16.7. The van der Waals surface area contributed by atoms with Gasteiger partial charge in [-0.15, -0.1) is 0 Å². The Morgan fingerprint density at radius 1 is 1.55 bits per heavy atom. The van der Waals surface area contributed by atoms with Crippen molar-refractivity contribution in [2.45, 2.75) is 25.6 Å². The van der Waals surface area contributed by atoms with Crippen LogP contribution in [0.5, 0.6) is 0 Å². The Hall–Kier alpha value is -0.380. The van der Waals surface area contributed by atoms with Crippen LogP contribution < -0.4 is 0 Å². The summed E-state index contributed by atoms with van der Waals surface area (Å²) >= 11 is 0. The first kappa shape index (κ1) is 4.60. The minimum absolute atomic E-state index is 0.748. The van der Waals surface area contributed by atoms with Gasteiger partial charge in [0.1, 0.15) is 0 Å². The van der Waals surface area contributed by atoms with Gasteiger partial charge >= 0.3 is 0 Å². The summed E-state index contributed by atoms with van der Waals surface area (Å²) in [7, 11) is 2.73. The summed E-state index contributed by atoms with van der Waals surface area (Å²) < 4.78 is 44.9. The Kier molecular flexibility index (Phi) is 2.65. The lowest BCUT2D eigenvalue weighted by Crippen LogP contribution is -2.10. The van der Waals surface area contributed by atoms with Crippen LogP contribution in [0.25, 0.3) is 0 Å². The molecule has 3 nitrogen and oxygen atoms in total. The molecular weight excluding hydrogens is 144 g/mol. The summed E-state index contributed by atoms with van der Waals surface area (Å²) in [5.74, 6) is 0. The number of aliphatic hydroxyl groups excluding tert-OH is 1. The Bertz CT molecular complexity index is 234. The molecule has 11 heavy (non-hydrogen) atoms. The van der Waals surface area contributed by atoms with E-state index in [1.165, 1.54) is 20.3 Å². The van der Waals surface area contributed by atoms with E-state index in [0.29, 0.717) is 0 Å². The van der Waals surface area contributed by atoms with Crippen molar-refractivity contribution in [2.24, 2.45) is 0 Å². The number of hydrogen-bond donors (Lipinski definition) is 1. The summed E-state index contributed by atoms with van der Waals surface area (Å²) in [6.45, 7) is -2.90. The van der Waals surface area contributed by atoms with Crippen LogP contribution in [0.15, 0.2) is 12.2 Å². The highest BCUT2D eigenvalue weighted by Gasteiger charge is 1.99. The maximum atomic E-state index is 9.42. The summed E-state index contributed by atoms with van der Waals surface area (Å²) in [4.78, 5) is 0. The Morgan fingerprint density at radius 2 is 2.18 bits per heavy atom. The molecule has 0 rings (SSSR count). The van der Waals surface area contributed by atoms with Gasteiger partial charge in [-0.2, -0.15) is 0 Å². The molecule has 0 saturated heterocycles. The summed E-state index contributed by atoms with van der Waals surface area (Å²) in [6, 6.07) is 0. The normalized spacial score (nSPS) is 23.8. The number of methoxy groups -OCH3 is 2. The van der Waals surface area contributed by atoms with Gasteiger partial charge in [-0.05, 0) is 12.4 Å². The average Bonchev–Trinajstić information content (AvgIpc) is 2.17. The van der Waals surface area contributed by atoms with E-state index in [2.05, 4.69) is 0 Å². The quantitative estimate of drug-likeness (QED) is 0.486. The van der Waals surface area contributed by atoms with Gasteiger partial charge in [0.25, 0.3) is 0 Å². The van der Waals surface area contributed by atoms with Crippen molar-refractivity contribution in [3.63, 3.8) is 0 Å². The second-order valence-electron chi connectivity index (χ2n) is 1.81. The first-order valence-electron chi connectivity index (χ1n) is 5.58. The fourth-order valence-electron chi connectivity index (χ4n) is 0.497. The van der Waals surface area contributed by atoms with Gasteiger partial charge in [-0.25, -0.2) is 0 Å². The predicted octanol–water partition coefficient (Wildman–Crippen LogP) is 0.932. The number of ether oxygens (including phenoxy) is 2.